The fourth-order valence-corrected chi connectivity index (χ4v) is 3.42. The largest absolute Gasteiger partial charge is 0.459 e. The van der Waals surface area contributed by atoms with E-state index in [2.05, 4.69) is 14.9 Å². The molecule has 2 aliphatic heterocycles. The number of hydrogen-bond donors (Lipinski definition) is 0. The van der Waals surface area contributed by atoms with Gasteiger partial charge in [-0.05, 0) is 19.1 Å². The maximum absolute atomic E-state index is 12.9. The molecule has 0 radical (unpaired) electrons. The molecule has 4 rings (SSSR count). The number of aryl methyl sites for hydroxylation is 1. The van der Waals surface area contributed by atoms with Crippen LogP contribution in [0.3, 0.4) is 0 Å². The summed E-state index contributed by atoms with van der Waals surface area (Å²) < 4.78 is 10.5. The van der Waals surface area contributed by atoms with Crippen molar-refractivity contribution < 1.29 is 18.7 Å². The molecule has 0 atom stereocenters. The van der Waals surface area contributed by atoms with Gasteiger partial charge in [-0.3, -0.25) is 9.59 Å². The summed E-state index contributed by atoms with van der Waals surface area (Å²) in [6.07, 6.45) is 3.09. The first kappa shape index (κ1) is 18.4. The van der Waals surface area contributed by atoms with E-state index in [1.54, 1.807) is 28.1 Å². The van der Waals surface area contributed by atoms with E-state index in [1.165, 1.54) is 6.26 Å². The quantitative estimate of drug-likeness (QED) is 0.772. The normalized spacial score (nSPS) is 17.7. The van der Waals surface area contributed by atoms with E-state index < -0.39 is 0 Å². The van der Waals surface area contributed by atoms with Crippen LogP contribution in [0, 0.1) is 6.92 Å². The Labute approximate surface area is 162 Å². The topological polar surface area (TPSA) is 92.0 Å². The smallest absolute Gasteiger partial charge is 0.289 e. The van der Waals surface area contributed by atoms with Gasteiger partial charge >= 0.3 is 0 Å². The predicted octanol–water partition coefficient (Wildman–Crippen LogP) is 0.813. The maximum atomic E-state index is 12.9. The third-order valence-corrected chi connectivity index (χ3v) is 5.08. The summed E-state index contributed by atoms with van der Waals surface area (Å²) in [7, 11) is 0. The zero-order valence-electron chi connectivity index (χ0n) is 15.8. The van der Waals surface area contributed by atoms with Crippen LogP contribution in [0.5, 0.6) is 0 Å². The molecule has 0 aromatic carbocycles. The Morgan fingerprint density at radius 1 is 1.00 bits per heavy atom. The van der Waals surface area contributed by atoms with Gasteiger partial charge in [-0.15, -0.1) is 0 Å². The number of aromatic nitrogens is 2. The van der Waals surface area contributed by atoms with E-state index in [9.17, 15) is 9.59 Å². The molecule has 0 spiro atoms. The third-order valence-electron chi connectivity index (χ3n) is 5.08. The van der Waals surface area contributed by atoms with Crippen molar-refractivity contribution in [1.29, 1.82) is 0 Å². The van der Waals surface area contributed by atoms with Crippen molar-refractivity contribution in [3.05, 3.63) is 41.6 Å². The van der Waals surface area contributed by atoms with E-state index in [4.69, 9.17) is 9.15 Å². The molecule has 9 nitrogen and oxygen atoms in total. The first-order valence-corrected chi connectivity index (χ1v) is 9.42. The molecule has 9 heteroatoms. The lowest BCUT2D eigenvalue weighted by Gasteiger charge is -2.34. The SMILES string of the molecule is Cc1nc(N2CCOCC2)ncc1C(=O)N1CCN(C(=O)c2ccco2)CC1. The van der Waals surface area contributed by atoms with Crippen LogP contribution < -0.4 is 4.90 Å². The van der Waals surface area contributed by atoms with Crippen LogP contribution >= 0.6 is 0 Å². The highest BCUT2D eigenvalue weighted by Crippen LogP contribution is 2.16. The number of anilines is 1. The fourth-order valence-electron chi connectivity index (χ4n) is 3.42. The Bertz CT molecular complexity index is 840. The van der Waals surface area contributed by atoms with Crippen molar-refractivity contribution in [2.24, 2.45) is 0 Å². The Hall–Kier alpha value is -2.94. The molecular formula is C19H23N5O4. The highest BCUT2D eigenvalue weighted by Gasteiger charge is 2.28. The predicted molar refractivity (Wildman–Crippen MR) is 100 cm³/mol. The number of ether oxygens (including phenoxy) is 1. The van der Waals surface area contributed by atoms with Crippen LogP contribution in [0.4, 0.5) is 5.95 Å². The standard InChI is InChI=1S/C19H23N5O4/c1-14-15(13-20-19(21-14)24-8-11-27-12-9-24)17(25)22-4-6-23(7-5-22)18(26)16-3-2-10-28-16/h2-3,10,13H,4-9,11-12H2,1H3. The number of amides is 2. The Kier molecular flexibility index (Phi) is 5.25. The van der Waals surface area contributed by atoms with E-state index in [1.807, 2.05) is 6.92 Å². The number of nitrogens with zero attached hydrogens (tertiary/aromatic N) is 5. The van der Waals surface area contributed by atoms with Gasteiger partial charge in [0.15, 0.2) is 5.76 Å². The lowest BCUT2D eigenvalue weighted by Crippen LogP contribution is -2.50. The number of furan rings is 1. The molecule has 2 aromatic rings. The number of morpholine rings is 1. The summed E-state index contributed by atoms with van der Waals surface area (Å²) in [5.74, 6) is 0.705. The van der Waals surface area contributed by atoms with Crippen molar-refractivity contribution in [1.82, 2.24) is 19.8 Å². The molecule has 0 bridgehead atoms. The molecule has 0 N–H and O–H groups in total. The lowest BCUT2D eigenvalue weighted by atomic mass is 10.2. The third kappa shape index (κ3) is 3.70. The van der Waals surface area contributed by atoms with Crippen LogP contribution in [0.15, 0.2) is 29.0 Å². The number of hydrogen-bond acceptors (Lipinski definition) is 7. The molecule has 148 valence electrons. The van der Waals surface area contributed by atoms with E-state index in [0.717, 1.165) is 13.1 Å². The summed E-state index contributed by atoms with van der Waals surface area (Å²) in [4.78, 5) is 39.7. The van der Waals surface area contributed by atoms with Gasteiger partial charge in [-0.2, -0.15) is 0 Å². The van der Waals surface area contributed by atoms with E-state index >= 15 is 0 Å². The van der Waals surface area contributed by atoms with Crippen molar-refractivity contribution in [2.45, 2.75) is 6.92 Å². The summed E-state index contributed by atoms with van der Waals surface area (Å²) in [5.41, 5.74) is 1.17. The maximum Gasteiger partial charge on any atom is 0.289 e. The molecule has 2 aliphatic rings. The minimum atomic E-state index is -0.147. The molecule has 2 fully saturated rings. The number of carbonyl (C=O) groups excluding carboxylic acids is 2. The highest BCUT2D eigenvalue weighted by atomic mass is 16.5. The summed E-state index contributed by atoms with van der Waals surface area (Å²) in [6, 6.07) is 3.34. The van der Waals surface area contributed by atoms with Crippen molar-refractivity contribution in [3.63, 3.8) is 0 Å². The Morgan fingerprint density at radius 3 is 2.29 bits per heavy atom. The van der Waals surface area contributed by atoms with Gasteiger partial charge in [0.05, 0.1) is 30.7 Å². The van der Waals surface area contributed by atoms with Crippen LogP contribution in [0.2, 0.25) is 0 Å². The second-order valence-corrected chi connectivity index (χ2v) is 6.83. The van der Waals surface area contributed by atoms with E-state index in [0.29, 0.717) is 62.4 Å². The molecule has 2 aromatic heterocycles. The van der Waals surface area contributed by atoms with Crippen LogP contribution in [0.25, 0.3) is 0 Å². The van der Waals surface area contributed by atoms with Gasteiger partial charge in [-0.1, -0.05) is 0 Å². The van der Waals surface area contributed by atoms with E-state index in [-0.39, 0.29) is 11.8 Å². The Morgan fingerprint density at radius 2 is 1.68 bits per heavy atom. The van der Waals surface area contributed by atoms with Crippen molar-refractivity contribution >= 4 is 17.8 Å². The molecular weight excluding hydrogens is 362 g/mol. The van der Waals surface area contributed by atoms with Crippen LogP contribution in [0.1, 0.15) is 26.6 Å². The molecule has 0 unspecified atom stereocenters. The van der Waals surface area contributed by atoms with Gasteiger partial charge in [0, 0.05) is 45.5 Å². The average Bonchev–Trinajstić information content (AvgIpc) is 3.28. The van der Waals surface area contributed by atoms with Gasteiger partial charge in [0.2, 0.25) is 5.95 Å². The molecule has 0 aliphatic carbocycles. The van der Waals surface area contributed by atoms with Crippen LogP contribution in [-0.4, -0.2) is 84.1 Å². The minimum Gasteiger partial charge on any atom is -0.459 e. The molecule has 0 saturated carbocycles. The Balaban J connectivity index is 1.39. The van der Waals surface area contributed by atoms with Gasteiger partial charge in [0.1, 0.15) is 0 Å². The first-order chi connectivity index (χ1) is 13.6. The zero-order valence-corrected chi connectivity index (χ0v) is 15.8. The first-order valence-electron chi connectivity index (χ1n) is 9.42. The second kappa shape index (κ2) is 7.97. The highest BCUT2D eigenvalue weighted by molar-refractivity contribution is 5.95. The van der Waals surface area contributed by atoms with Crippen LogP contribution in [-0.2, 0) is 4.74 Å². The van der Waals surface area contributed by atoms with Crippen molar-refractivity contribution in [3.8, 4) is 0 Å². The minimum absolute atomic E-state index is 0.101. The average molecular weight is 385 g/mol. The number of carbonyl (C=O) groups is 2. The van der Waals surface area contributed by atoms with Gasteiger partial charge in [0.25, 0.3) is 11.8 Å². The number of piperazine rings is 1. The summed E-state index contributed by atoms with van der Waals surface area (Å²) >= 11 is 0. The summed E-state index contributed by atoms with van der Waals surface area (Å²) in [5, 5.41) is 0. The van der Waals surface area contributed by atoms with Crippen molar-refractivity contribution in [2.75, 3.05) is 57.4 Å². The second-order valence-electron chi connectivity index (χ2n) is 6.83. The molecule has 28 heavy (non-hydrogen) atoms. The van der Waals surface area contributed by atoms with Gasteiger partial charge in [-0.25, -0.2) is 9.97 Å². The molecule has 4 heterocycles. The number of rotatable bonds is 3. The zero-order chi connectivity index (χ0) is 19.5. The fraction of sp³-hybridized carbons (Fsp3) is 0.474. The lowest BCUT2D eigenvalue weighted by molar-refractivity contribution is 0.0517. The monoisotopic (exact) mass is 385 g/mol. The molecule has 2 saturated heterocycles. The summed E-state index contributed by atoms with van der Waals surface area (Å²) in [6.45, 7) is 6.51. The van der Waals surface area contributed by atoms with Gasteiger partial charge < -0.3 is 23.9 Å². The molecule has 2 amide bonds.